The number of nitrogens with zero attached hydrogens (tertiary/aromatic N) is 2. The molecule has 3 aromatic rings. The van der Waals surface area contributed by atoms with Crippen LogP contribution in [-0.2, 0) is 0 Å². The number of thiophene rings is 1. The van der Waals surface area contributed by atoms with Gasteiger partial charge in [-0.15, -0.1) is 11.3 Å². The number of aromatic nitrogens is 3. The summed E-state index contributed by atoms with van der Waals surface area (Å²) in [6.07, 6.45) is 3.78. The molecule has 3 nitrogen and oxygen atoms in total. The van der Waals surface area contributed by atoms with Crippen molar-refractivity contribution in [2.45, 2.75) is 0 Å². The van der Waals surface area contributed by atoms with E-state index in [2.05, 4.69) is 21.5 Å². The van der Waals surface area contributed by atoms with E-state index < -0.39 is 0 Å². The second-order valence-corrected chi connectivity index (χ2v) is 3.74. The lowest BCUT2D eigenvalue weighted by Gasteiger charge is -1.85. The fourth-order valence-electron chi connectivity index (χ4n) is 1.35. The SMILES string of the molecule is c1csc(-c2cc3[nH]ccn3n2)c1. The molecule has 0 fully saturated rings. The molecule has 0 spiro atoms. The third-order valence-electron chi connectivity index (χ3n) is 1.96. The summed E-state index contributed by atoms with van der Waals surface area (Å²) in [5.41, 5.74) is 2.06. The van der Waals surface area contributed by atoms with Crippen molar-refractivity contribution in [3.63, 3.8) is 0 Å². The van der Waals surface area contributed by atoms with E-state index in [1.165, 1.54) is 4.88 Å². The Morgan fingerprint density at radius 2 is 2.46 bits per heavy atom. The first-order valence-electron chi connectivity index (χ1n) is 4.00. The zero-order chi connectivity index (χ0) is 8.67. The highest BCUT2D eigenvalue weighted by Gasteiger charge is 2.04. The van der Waals surface area contributed by atoms with Gasteiger partial charge >= 0.3 is 0 Å². The van der Waals surface area contributed by atoms with Gasteiger partial charge in [0.2, 0.25) is 0 Å². The summed E-state index contributed by atoms with van der Waals surface area (Å²) in [5.74, 6) is 0. The molecule has 1 N–H and O–H groups in total. The molecular formula is C9H7N3S. The zero-order valence-corrected chi connectivity index (χ0v) is 7.58. The van der Waals surface area contributed by atoms with Crippen LogP contribution in [0.25, 0.3) is 16.2 Å². The van der Waals surface area contributed by atoms with Crippen molar-refractivity contribution in [3.8, 4) is 10.6 Å². The van der Waals surface area contributed by atoms with E-state index in [-0.39, 0.29) is 0 Å². The van der Waals surface area contributed by atoms with Gasteiger partial charge in [0.1, 0.15) is 11.3 Å². The van der Waals surface area contributed by atoms with Gasteiger partial charge in [-0.2, -0.15) is 5.10 Å². The highest BCUT2D eigenvalue weighted by molar-refractivity contribution is 7.13. The zero-order valence-electron chi connectivity index (χ0n) is 6.77. The molecule has 0 atom stereocenters. The summed E-state index contributed by atoms with van der Waals surface area (Å²) < 4.78 is 1.84. The number of aromatic amines is 1. The van der Waals surface area contributed by atoms with E-state index in [4.69, 9.17) is 0 Å². The first-order chi connectivity index (χ1) is 6.43. The molecule has 0 unspecified atom stereocenters. The topological polar surface area (TPSA) is 33.1 Å². The molecule has 3 heterocycles. The number of hydrogen-bond donors (Lipinski definition) is 1. The smallest absolute Gasteiger partial charge is 0.133 e. The van der Waals surface area contributed by atoms with Gasteiger partial charge in [-0.3, -0.25) is 0 Å². The first kappa shape index (κ1) is 6.91. The predicted molar refractivity (Wildman–Crippen MR) is 52.9 cm³/mol. The highest BCUT2D eigenvalue weighted by atomic mass is 32.1. The molecule has 0 aliphatic rings. The van der Waals surface area contributed by atoms with Crippen LogP contribution in [0.4, 0.5) is 0 Å². The lowest BCUT2D eigenvalue weighted by Crippen LogP contribution is -1.79. The van der Waals surface area contributed by atoms with E-state index in [0.717, 1.165) is 11.3 Å². The molecule has 0 saturated heterocycles. The number of hydrogen-bond acceptors (Lipinski definition) is 2. The highest BCUT2D eigenvalue weighted by Crippen LogP contribution is 2.23. The minimum atomic E-state index is 1.03. The molecule has 0 aromatic carbocycles. The van der Waals surface area contributed by atoms with Gasteiger partial charge in [-0.25, -0.2) is 4.52 Å². The van der Waals surface area contributed by atoms with Crippen molar-refractivity contribution in [3.05, 3.63) is 36.0 Å². The second kappa shape index (κ2) is 2.47. The summed E-state index contributed by atoms with van der Waals surface area (Å²) in [6.45, 7) is 0. The number of H-pyrrole nitrogens is 1. The van der Waals surface area contributed by atoms with Crippen LogP contribution in [0, 0.1) is 0 Å². The Morgan fingerprint density at radius 3 is 3.23 bits per heavy atom. The maximum absolute atomic E-state index is 4.41. The Morgan fingerprint density at radius 1 is 1.46 bits per heavy atom. The predicted octanol–water partition coefficient (Wildman–Crippen LogP) is 2.39. The van der Waals surface area contributed by atoms with E-state index in [0.29, 0.717) is 0 Å². The van der Waals surface area contributed by atoms with Gasteiger partial charge in [0, 0.05) is 18.5 Å². The molecule has 0 aliphatic heterocycles. The molecule has 0 radical (unpaired) electrons. The van der Waals surface area contributed by atoms with Crippen molar-refractivity contribution in [1.29, 1.82) is 0 Å². The van der Waals surface area contributed by atoms with E-state index >= 15 is 0 Å². The Kier molecular flexibility index (Phi) is 1.31. The van der Waals surface area contributed by atoms with E-state index in [9.17, 15) is 0 Å². The minimum absolute atomic E-state index is 1.03. The molecule has 0 saturated carbocycles. The summed E-state index contributed by atoms with van der Waals surface area (Å²) in [4.78, 5) is 4.31. The molecule has 64 valence electrons. The third-order valence-corrected chi connectivity index (χ3v) is 2.85. The van der Waals surface area contributed by atoms with Crippen molar-refractivity contribution in [2.24, 2.45) is 0 Å². The van der Waals surface area contributed by atoms with E-state index in [1.54, 1.807) is 11.3 Å². The molecular weight excluding hydrogens is 182 g/mol. The average Bonchev–Trinajstić information content (AvgIpc) is 2.78. The van der Waals surface area contributed by atoms with Crippen molar-refractivity contribution >= 4 is 17.0 Å². The normalized spacial score (nSPS) is 11.1. The van der Waals surface area contributed by atoms with Crippen LogP contribution in [-0.4, -0.2) is 14.6 Å². The number of nitrogens with one attached hydrogen (secondary N) is 1. The van der Waals surface area contributed by atoms with Crippen LogP contribution in [0.5, 0.6) is 0 Å². The summed E-state index contributed by atoms with van der Waals surface area (Å²) in [5, 5.41) is 6.47. The van der Waals surface area contributed by atoms with Crippen LogP contribution < -0.4 is 0 Å². The Labute approximate surface area is 78.6 Å². The van der Waals surface area contributed by atoms with Crippen molar-refractivity contribution in [2.75, 3.05) is 0 Å². The lowest BCUT2D eigenvalue weighted by molar-refractivity contribution is 0.980. The Hall–Kier alpha value is -1.55. The molecule has 0 bridgehead atoms. The summed E-state index contributed by atoms with van der Waals surface area (Å²) in [7, 11) is 0. The minimum Gasteiger partial charge on any atom is -0.345 e. The molecule has 4 heteroatoms. The largest absolute Gasteiger partial charge is 0.345 e. The van der Waals surface area contributed by atoms with E-state index in [1.807, 2.05) is 29.0 Å². The maximum Gasteiger partial charge on any atom is 0.133 e. The van der Waals surface area contributed by atoms with Gasteiger partial charge < -0.3 is 4.98 Å². The van der Waals surface area contributed by atoms with Gasteiger partial charge in [0.15, 0.2) is 0 Å². The van der Waals surface area contributed by atoms with Crippen LogP contribution in [0.2, 0.25) is 0 Å². The van der Waals surface area contributed by atoms with Gasteiger partial charge in [-0.1, -0.05) is 6.07 Å². The quantitative estimate of drug-likeness (QED) is 0.626. The standard InChI is InChI=1S/C9H7N3S/c1-2-8(13-5-1)7-6-9-10-3-4-12(9)11-7/h1-6,10H. The monoisotopic (exact) mass is 189 g/mol. The van der Waals surface area contributed by atoms with Crippen molar-refractivity contribution in [1.82, 2.24) is 14.6 Å². The third kappa shape index (κ3) is 0.990. The first-order valence-corrected chi connectivity index (χ1v) is 4.88. The van der Waals surface area contributed by atoms with Gasteiger partial charge in [0.05, 0.1) is 4.88 Å². The number of rotatable bonds is 1. The van der Waals surface area contributed by atoms with Crippen LogP contribution in [0.1, 0.15) is 0 Å². The molecule has 3 aromatic heterocycles. The van der Waals surface area contributed by atoms with Gasteiger partial charge in [-0.05, 0) is 11.4 Å². The average molecular weight is 189 g/mol. The summed E-state index contributed by atoms with van der Waals surface area (Å²) >= 11 is 1.70. The molecule has 0 aliphatic carbocycles. The number of imidazole rings is 1. The molecule has 13 heavy (non-hydrogen) atoms. The Bertz CT molecular complexity index is 489. The van der Waals surface area contributed by atoms with Crippen LogP contribution >= 0.6 is 11.3 Å². The van der Waals surface area contributed by atoms with Crippen LogP contribution in [0.15, 0.2) is 36.0 Å². The van der Waals surface area contributed by atoms with Crippen molar-refractivity contribution < 1.29 is 0 Å². The lowest BCUT2D eigenvalue weighted by atomic mass is 10.3. The fourth-order valence-corrected chi connectivity index (χ4v) is 2.04. The maximum atomic E-state index is 4.41. The number of fused-ring (bicyclic) bond motifs is 1. The second-order valence-electron chi connectivity index (χ2n) is 2.80. The van der Waals surface area contributed by atoms with Crippen LogP contribution in [0.3, 0.4) is 0 Å². The fraction of sp³-hybridized carbons (Fsp3) is 0. The molecule has 3 rings (SSSR count). The summed E-state index contributed by atoms with van der Waals surface area (Å²) in [6, 6.07) is 6.16. The van der Waals surface area contributed by atoms with Gasteiger partial charge in [0.25, 0.3) is 0 Å². The Balaban J connectivity index is 2.23. The molecule has 0 amide bonds.